The highest BCUT2D eigenvalue weighted by Gasteiger charge is 2.32. The van der Waals surface area contributed by atoms with Crippen molar-refractivity contribution in [3.05, 3.63) is 18.2 Å². The summed E-state index contributed by atoms with van der Waals surface area (Å²) in [7, 11) is 3.90. The SMILES string of the molecule is CN(C)C=Nc1ccc2nc3c(nc2c1)OCC1CCCCN31. The zero-order valence-electron chi connectivity index (χ0n) is 13.6. The van der Waals surface area contributed by atoms with Crippen molar-refractivity contribution in [1.29, 1.82) is 0 Å². The number of aromatic nitrogens is 2. The number of hydrogen-bond acceptors (Lipinski definition) is 5. The van der Waals surface area contributed by atoms with Gasteiger partial charge in [-0.15, -0.1) is 0 Å². The van der Waals surface area contributed by atoms with Crippen molar-refractivity contribution in [3.63, 3.8) is 0 Å². The van der Waals surface area contributed by atoms with Gasteiger partial charge < -0.3 is 14.5 Å². The minimum atomic E-state index is 0.451. The third-order valence-electron chi connectivity index (χ3n) is 4.35. The second-order valence-electron chi connectivity index (χ2n) is 6.39. The lowest BCUT2D eigenvalue weighted by molar-refractivity contribution is 0.230. The molecule has 23 heavy (non-hydrogen) atoms. The lowest BCUT2D eigenvalue weighted by Crippen LogP contribution is -2.46. The quantitative estimate of drug-likeness (QED) is 0.630. The van der Waals surface area contributed by atoms with Gasteiger partial charge in [0.2, 0.25) is 0 Å². The van der Waals surface area contributed by atoms with Crippen molar-refractivity contribution < 1.29 is 4.74 Å². The van der Waals surface area contributed by atoms with E-state index in [-0.39, 0.29) is 0 Å². The van der Waals surface area contributed by atoms with Crippen LogP contribution in [-0.2, 0) is 0 Å². The summed E-state index contributed by atoms with van der Waals surface area (Å²) < 4.78 is 5.88. The highest BCUT2D eigenvalue weighted by Crippen LogP contribution is 2.36. The number of benzene rings is 1. The number of aliphatic imine (C=N–C) groups is 1. The highest BCUT2D eigenvalue weighted by atomic mass is 16.5. The molecule has 0 amide bonds. The fraction of sp³-hybridized carbons (Fsp3) is 0.471. The Kier molecular flexibility index (Phi) is 3.52. The molecule has 1 aromatic heterocycles. The van der Waals surface area contributed by atoms with E-state index in [2.05, 4.69) is 14.9 Å². The van der Waals surface area contributed by atoms with Crippen LogP contribution >= 0.6 is 0 Å². The first-order valence-electron chi connectivity index (χ1n) is 8.12. The van der Waals surface area contributed by atoms with E-state index in [4.69, 9.17) is 9.72 Å². The second kappa shape index (κ2) is 5.68. The lowest BCUT2D eigenvalue weighted by Gasteiger charge is -2.40. The molecule has 3 heterocycles. The van der Waals surface area contributed by atoms with Gasteiger partial charge >= 0.3 is 0 Å². The fourth-order valence-electron chi connectivity index (χ4n) is 3.19. The molecule has 0 N–H and O–H groups in total. The average molecular weight is 311 g/mol. The Hall–Kier alpha value is -2.37. The fourth-order valence-corrected chi connectivity index (χ4v) is 3.19. The lowest BCUT2D eigenvalue weighted by atomic mass is 10.0. The number of anilines is 1. The van der Waals surface area contributed by atoms with Crippen LogP contribution in [0.5, 0.6) is 5.88 Å². The van der Waals surface area contributed by atoms with Crippen LogP contribution in [0.2, 0.25) is 0 Å². The van der Waals surface area contributed by atoms with Crippen LogP contribution in [0.25, 0.3) is 11.0 Å². The third-order valence-corrected chi connectivity index (χ3v) is 4.35. The van der Waals surface area contributed by atoms with E-state index in [0.717, 1.165) is 29.1 Å². The first-order valence-corrected chi connectivity index (χ1v) is 8.12. The third kappa shape index (κ3) is 2.69. The summed E-state index contributed by atoms with van der Waals surface area (Å²) in [5, 5.41) is 0. The largest absolute Gasteiger partial charge is 0.473 e. The maximum absolute atomic E-state index is 5.88. The van der Waals surface area contributed by atoms with Crippen LogP contribution in [0.3, 0.4) is 0 Å². The van der Waals surface area contributed by atoms with Gasteiger partial charge in [-0.3, -0.25) is 0 Å². The Morgan fingerprint density at radius 1 is 1.26 bits per heavy atom. The van der Waals surface area contributed by atoms with E-state index in [0.29, 0.717) is 18.5 Å². The maximum atomic E-state index is 5.88. The van der Waals surface area contributed by atoms with Crippen molar-refractivity contribution in [2.75, 3.05) is 32.1 Å². The molecule has 2 aromatic rings. The van der Waals surface area contributed by atoms with E-state index in [1.165, 1.54) is 19.3 Å². The Bertz CT molecular complexity index is 758. The molecular formula is C17H21N5O. The van der Waals surface area contributed by atoms with Crippen molar-refractivity contribution in [3.8, 4) is 5.88 Å². The van der Waals surface area contributed by atoms with Gasteiger partial charge in [0.1, 0.15) is 6.61 Å². The summed E-state index contributed by atoms with van der Waals surface area (Å²) in [4.78, 5) is 18.2. The summed E-state index contributed by atoms with van der Waals surface area (Å²) in [6.07, 6.45) is 5.45. The Morgan fingerprint density at radius 2 is 2.17 bits per heavy atom. The molecule has 1 atom stereocenters. The number of piperidine rings is 1. The molecule has 1 aromatic carbocycles. The zero-order chi connectivity index (χ0) is 15.8. The highest BCUT2D eigenvalue weighted by molar-refractivity contribution is 5.81. The molecule has 6 heteroatoms. The Morgan fingerprint density at radius 3 is 3.04 bits per heavy atom. The molecule has 1 fully saturated rings. The average Bonchev–Trinajstić information content (AvgIpc) is 2.58. The van der Waals surface area contributed by atoms with E-state index in [1.54, 1.807) is 6.34 Å². The van der Waals surface area contributed by atoms with Crippen LogP contribution in [-0.4, -0.2) is 54.5 Å². The molecule has 6 nitrogen and oxygen atoms in total. The second-order valence-corrected chi connectivity index (χ2v) is 6.39. The number of nitrogens with zero attached hydrogens (tertiary/aromatic N) is 5. The molecule has 2 aliphatic rings. The van der Waals surface area contributed by atoms with Gasteiger partial charge in [-0.1, -0.05) is 0 Å². The topological polar surface area (TPSA) is 53.9 Å². The Balaban J connectivity index is 1.73. The van der Waals surface area contributed by atoms with E-state index in [9.17, 15) is 0 Å². The molecule has 120 valence electrons. The summed E-state index contributed by atoms with van der Waals surface area (Å²) in [5.41, 5.74) is 2.59. The standard InChI is InChI=1S/C17H21N5O/c1-21(2)11-18-12-6-7-14-15(9-12)20-17-16(19-14)22-8-4-3-5-13(22)10-23-17/h6-7,9,11,13H,3-5,8,10H2,1-2H3. The molecule has 0 saturated carbocycles. The number of fused-ring (bicyclic) bond motifs is 4. The number of hydrogen-bond donors (Lipinski definition) is 0. The van der Waals surface area contributed by atoms with Gasteiger partial charge in [0.25, 0.3) is 5.88 Å². The predicted molar refractivity (Wildman–Crippen MR) is 91.9 cm³/mol. The van der Waals surface area contributed by atoms with E-state index < -0.39 is 0 Å². The number of ether oxygens (including phenoxy) is 1. The van der Waals surface area contributed by atoms with E-state index >= 15 is 0 Å². The van der Waals surface area contributed by atoms with Gasteiger partial charge in [0.15, 0.2) is 5.82 Å². The molecule has 1 saturated heterocycles. The summed E-state index contributed by atoms with van der Waals surface area (Å²) in [6, 6.07) is 6.36. The van der Waals surface area contributed by atoms with Gasteiger partial charge in [-0.25, -0.2) is 15.0 Å². The molecule has 2 aliphatic heterocycles. The summed E-state index contributed by atoms with van der Waals surface area (Å²) in [5.74, 6) is 1.56. The van der Waals surface area contributed by atoms with Crippen molar-refractivity contribution >= 4 is 28.9 Å². The first kappa shape index (κ1) is 14.2. The van der Waals surface area contributed by atoms with Gasteiger partial charge in [-0.2, -0.15) is 0 Å². The predicted octanol–water partition coefficient (Wildman–Crippen LogP) is 2.60. The molecule has 0 spiro atoms. The van der Waals surface area contributed by atoms with Gasteiger partial charge in [0, 0.05) is 20.6 Å². The molecule has 1 unspecified atom stereocenters. The normalized spacial score (nSPS) is 20.3. The minimum absolute atomic E-state index is 0.451. The van der Waals surface area contributed by atoms with Crippen LogP contribution < -0.4 is 9.64 Å². The molecule has 0 bridgehead atoms. The van der Waals surface area contributed by atoms with Gasteiger partial charge in [0.05, 0.1) is 29.1 Å². The van der Waals surface area contributed by atoms with Crippen LogP contribution in [0.1, 0.15) is 19.3 Å². The molecular weight excluding hydrogens is 290 g/mol. The van der Waals surface area contributed by atoms with E-state index in [1.807, 2.05) is 37.2 Å². The summed E-state index contributed by atoms with van der Waals surface area (Å²) >= 11 is 0. The van der Waals surface area contributed by atoms with Crippen molar-refractivity contribution in [2.45, 2.75) is 25.3 Å². The van der Waals surface area contributed by atoms with Crippen molar-refractivity contribution in [2.24, 2.45) is 4.99 Å². The van der Waals surface area contributed by atoms with Gasteiger partial charge in [-0.05, 0) is 37.5 Å². The zero-order valence-corrected chi connectivity index (χ0v) is 13.6. The van der Waals surface area contributed by atoms with Crippen molar-refractivity contribution in [1.82, 2.24) is 14.9 Å². The molecule has 0 radical (unpaired) electrons. The molecule has 0 aliphatic carbocycles. The minimum Gasteiger partial charge on any atom is -0.473 e. The Labute approximate surface area is 135 Å². The van der Waals surface area contributed by atoms with Crippen LogP contribution in [0.15, 0.2) is 23.2 Å². The molecule has 4 rings (SSSR count). The monoisotopic (exact) mass is 311 g/mol. The first-order chi connectivity index (χ1) is 11.2. The van der Waals surface area contributed by atoms with Crippen LogP contribution in [0.4, 0.5) is 11.5 Å². The maximum Gasteiger partial charge on any atom is 0.258 e. The smallest absolute Gasteiger partial charge is 0.258 e. The summed E-state index contributed by atoms with van der Waals surface area (Å²) in [6.45, 7) is 1.76. The number of rotatable bonds is 2. The van der Waals surface area contributed by atoms with Crippen LogP contribution in [0, 0.1) is 0 Å².